The van der Waals surface area contributed by atoms with E-state index in [2.05, 4.69) is 26.0 Å². The maximum atomic E-state index is 5.95. The fourth-order valence-corrected chi connectivity index (χ4v) is 2.28. The van der Waals surface area contributed by atoms with Gasteiger partial charge in [0.05, 0.1) is 14.2 Å². The molecule has 1 rings (SSSR count). The van der Waals surface area contributed by atoms with Crippen LogP contribution < -0.4 is 15.2 Å². The lowest BCUT2D eigenvalue weighted by Crippen LogP contribution is -2.31. The number of methoxy groups -OCH3 is 2. The highest BCUT2D eigenvalue weighted by Gasteiger charge is 2.25. The van der Waals surface area contributed by atoms with Crippen molar-refractivity contribution in [3.63, 3.8) is 0 Å². The molecule has 0 fully saturated rings. The molecule has 0 heterocycles. The summed E-state index contributed by atoms with van der Waals surface area (Å²) in [4.78, 5) is 0. The van der Waals surface area contributed by atoms with Gasteiger partial charge in [0.2, 0.25) is 0 Å². The Balaban J connectivity index is 2.97. The third kappa shape index (κ3) is 3.16. The lowest BCUT2D eigenvalue weighted by Gasteiger charge is -2.30. The van der Waals surface area contributed by atoms with Gasteiger partial charge >= 0.3 is 0 Å². The van der Waals surface area contributed by atoms with E-state index in [4.69, 9.17) is 15.2 Å². The normalized spacial score (nSPS) is 11.4. The van der Waals surface area contributed by atoms with E-state index in [9.17, 15) is 0 Å². The minimum Gasteiger partial charge on any atom is -0.493 e. The fourth-order valence-electron chi connectivity index (χ4n) is 2.28. The van der Waals surface area contributed by atoms with Gasteiger partial charge in [0.1, 0.15) is 0 Å². The van der Waals surface area contributed by atoms with Crippen molar-refractivity contribution in [2.45, 2.75) is 33.1 Å². The summed E-state index contributed by atoms with van der Waals surface area (Å²) >= 11 is 0. The Kier molecular flexibility index (Phi) is 5.48. The molecule has 0 spiro atoms. The zero-order chi connectivity index (χ0) is 13.6. The van der Waals surface area contributed by atoms with Crippen LogP contribution in [0.25, 0.3) is 0 Å². The lowest BCUT2D eigenvalue weighted by molar-refractivity contribution is 0.270. The molecule has 0 aromatic heterocycles. The zero-order valence-electron chi connectivity index (χ0n) is 12.0. The van der Waals surface area contributed by atoms with E-state index in [0.29, 0.717) is 6.54 Å². The second-order valence-electron chi connectivity index (χ2n) is 4.78. The molecule has 0 amide bonds. The van der Waals surface area contributed by atoms with Crippen LogP contribution in [0.3, 0.4) is 0 Å². The molecule has 0 bridgehead atoms. The molecule has 18 heavy (non-hydrogen) atoms. The molecule has 0 aliphatic rings. The Morgan fingerprint density at radius 1 is 1.06 bits per heavy atom. The van der Waals surface area contributed by atoms with Crippen LogP contribution in [0.2, 0.25) is 0 Å². The first-order valence-corrected chi connectivity index (χ1v) is 6.55. The smallest absolute Gasteiger partial charge is 0.160 e. The van der Waals surface area contributed by atoms with Crippen LogP contribution in [0, 0.1) is 5.41 Å². The second-order valence-corrected chi connectivity index (χ2v) is 4.78. The van der Waals surface area contributed by atoms with E-state index in [1.165, 1.54) is 5.56 Å². The van der Waals surface area contributed by atoms with Crippen molar-refractivity contribution >= 4 is 0 Å². The summed E-state index contributed by atoms with van der Waals surface area (Å²) in [5.74, 6) is 1.56. The van der Waals surface area contributed by atoms with Crippen LogP contribution in [0.4, 0.5) is 0 Å². The minimum atomic E-state index is 0.194. The monoisotopic (exact) mass is 251 g/mol. The first-order chi connectivity index (χ1) is 8.64. The fraction of sp³-hybridized carbons (Fsp3) is 0.600. The Labute approximate surface area is 110 Å². The van der Waals surface area contributed by atoms with Gasteiger partial charge in [-0.05, 0) is 48.9 Å². The Morgan fingerprint density at radius 2 is 1.67 bits per heavy atom. The molecule has 0 saturated carbocycles. The quantitative estimate of drug-likeness (QED) is 0.810. The Bertz CT molecular complexity index is 364. The molecule has 0 aliphatic carbocycles. The highest BCUT2D eigenvalue weighted by molar-refractivity contribution is 5.43. The molecular formula is C15H25NO2. The van der Waals surface area contributed by atoms with Crippen molar-refractivity contribution in [3.8, 4) is 11.5 Å². The molecule has 0 atom stereocenters. The van der Waals surface area contributed by atoms with E-state index >= 15 is 0 Å². The molecule has 1 aromatic carbocycles. The molecule has 0 saturated heterocycles. The van der Waals surface area contributed by atoms with Crippen LogP contribution >= 0.6 is 0 Å². The van der Waals surface area contributed by atoms with E-state index in [-0.39, 0.29) is 5.41 Å². The molecule has 2 N–H and O–H groups in total. The first kappa shape index (κ1) is 14.8. The Morgan fingerprint density at radius 3 is 2.11 bits per heavy atom. The van der Waals surface area contributed by atoms with E-state index in [1.807, 2.05) is 6.07 Å². The molecular weight excluding hydrogens is 226 g/mol. The molecule has 0 radical (unpaired) electrons. The molecule has 3 nitrogen and oxygen atoms in total. The van der Waals surface area contributed by atoms with Gasteiger partial charge in [-0.2, -0.15) is 0 Å². The van der Waals surface area contributed by atoms with Gasteiger partial charge in [-0.15, -0.1) is 0 Å². The number of ether oxygens (including phenoxy) is 2. The van der Waals surface area contributed by atoms with Gasteiger partial charge in [-0.25, -0.2) is 0 Å². The van der Waals surface area contributed by atoms with Crippen molar-refractivity contribution in [2.24, 2.45) is 11.1 Å². The number of rotatable bonds is 7. The average Bonchev–Trinajstić information content (AvgIpc) is 2.44. The van der Waals surface area contributed by atoms with Crippen LogP contribution in [0.5, 0.6) is 11.5 Å². The summed E-state index contributed by atoms with van der Waals surface area (Å²) < 4.78 is 10.6. The maximum Gasteiger partial charge on any atom is 0.160 e. The highest BCUT2D eigenvalue weighted by Crippen LogP contribution is 2.33. The summed E-state index contributed by atoms with van der Waals surface area (Å²) in [6.07, 6.45) is 3.17. The zero-order valence-corrected chi connectivity index (χ0v) is 12.0. The molecule has 0 unspecified atom stereocenters. The Hall–Kier alpha value is -1.22. The van der Waals surface area contributed by atoms with Crippen LogP contribution in [0.15, 0.2) is 18.2 Å². The summed E-state index contributed by atoms with van der Waals surface area (Å²) in [6, 6.07) is 6.10. The summed E-state index contributed by atoms with van der Waals surface area (Å²) in [5.41, 5.74) is 7.39. The van der Waals surface area contributed by atoms with E-state index in [0.717, 1.165) is 30.8 Å². The topological polar surface area (TPSA) is 44.5 Å². The van der Waals surface area contributed by atoms with Crippen molar-refractivity contribution in [1.29, 1.82) is 0 Å². The van der Waals surface area contributed by atoms with Crippen molar-refractivity contribution < 1.29 is 9.47 Å². The number of hydrogen-bond donors (Lipinski definition) is 1. The molecule has 0 aliphatic heterocycles. The van der Waals surface area contributed by atoms with Crippen LogP contribution in [0.1, 0.15) is 32.3 Å². The largest absolute Gasteiger partial charge is 0.493 e. The summed E-state index contributed by atoms with van der Waals surface area (Å²) in [5, 5.41) is 0. The SMILES string of the molecule is CCC(CC)(CN)Cc1ccc(OC)c(OC)c1. The van der Waals surface area contributed by atoms with Crippen molar-refractivity contribution in [2.75, 3.05) is 20.8 Å². The van der Waals surface area contributed by atoms with Crippen molar-refractivity contribution in [3.05, 3.63) is 23.8 Å². The summed E-state index contributed by atoms with van der Waals surface area (Å²) in [6.45, 7) is 5.13. The van der Waals surface area contributed by atoms with E-state index < -0.39 is 0 Å². The van der Waals surface area contributed by atoms with Gasteiger partial charge in [0.15, 0.2) is 11.5 Å². The molecule has 102 valence electrons. The van der Waals surface area contributed by atoms with Gasteiger partial charge in [0, 0.05) is 0 Å². The third-order valence-corrected chi connectivity index (χ3v) is 3.96. The van der Waals surface area contributed by atoms with Gasteiger partial charge in [-0.3, -0.25) is 0 Å². The minimum absolute atomic E-state index is 0.194. The number of nitrogens with two attached hydrogens (primary N) is 1. The highest BCUT2D eigenvalue weighted by atomic mass is 16.5. The van der Waals surface area contributed by atoms with Gasteiger partial charge < -0.3 is 15.2 Å². The molecule has 1 aromatic rings. The second kappa shape index (κ2) is 6.64. The van der Waals surface area contributed by atoms with Crippen LogP contribution in [-0.2, 0) is 6.42 Å². The third-order valence-electron chi connectivity index (χ3n) is 3.96. The van der Waals surface area contributed by atoms with Gasteiger partial charge in [0.25, 0.3) is 0 Å². The van der Waals surface area contributed by atoms with Crippen LogP contribution in [-0.4, -0.2) is 20.8 Å². The predicted octanol–water partition coefficient (Wildman–Crippen LogP) is 3.01. The van der Waals surface area contributed by atoms with Gasteiger partial charge in [-0.1, -0.05) is 19.9 Å². The maximum absolute atomic E-state index is 5.95. The molecule has 3 heteroatoms. The number of benzene rings is 1. The first-order valence-electron chi connectivity index (χ1n) is 6.55. The average molecular weight is 251 g/mol. The summed E-state index contributed by atoms with van der Waals surface area (Å²) in [7, 11) is 3.32. The predicted molar refractivity (Wildman–Crippen MR) is 75.3 cm³/mol. The van der Waals surface area contributed by atoms with Crippen molar-refractivity contribution in [1.82, 2.24) is 0 Å². The standard InChI is InChI=1S/C15H25NO2/c1-5-15(6-2,11-16)10-12-7-8-13(17-3)14(9-12)18-4/h7-9H,5-6,10-11,16H2,1-4H3. The lowest BCUT2D eigenvalue weighted by atomic mass is 9.77. The number of hydrogen-bond acceptors (Lipinski definition) is 3. The van der Waals surface area contributed by atoms with E-state index in [1.54, 1.807) is 14.2 Å².